The quantitative estimate of drug-likeness (QED) is 0.794. The number of halogens is 1. The second-order valence-corrected chi connectivity index (χ2v) is 5.87. The Morgan fingerprint density at radius 1 is 1.39 bits per heavy atom. The molecule has 0 amide bonds. The van der Waals surface area contributed by atoms with Crippen LogP contribution in [0.4, 0.5) is 0 Å². The molecule has 0 aromatic heterocycles. The number of hydrogen-bond acceptors (Lipinski definition) is 2. The van der Waals surface area contributed by atoms with Gasteiger partial charge in [-0.15, -0.1) is 0 Å². The number of ether oxygens (including phenoxy) is 1. The summed E-state index contributed by atoms with van der Waals surface area (Å²) in [6.07, 6.45) is 4.08. The number of methoxy groups -OCH3 is 1. The Balaban J connectivity index is 2.14. The van der Waals surface area contributed by atoms with Crippen LogP contribution in [0.5, 0.6) is 0 Å². The topological polar surface area (TPSA) is 26.3 Å². The average Bonchev–Trinajstić information content (AvgIpc) is 2.66. The van der Waals surface area contributed by atoms with Crippen LogP contribution in [0.1, 0.15) is 30.4 Å². The molecule has 1 aromatic rings. The molecule has 0 heterocycles. The molecular weight excluding hydrogens is 292 g/mol. The van der Waals surface area contributed by atoms with Gasteiger partial charge in [0.2, 0.25) is 0 Å². The van der Waals surface area contributed by atoms with Crippen LogP contribution in [0.25, 0.3) is 6.08 Å². The highest BCUT2D eigenvalue weighted by atomic mass is 79.9. The SMILES string of the molecule is COC1CC(=O)CCC12C(Br)=Cc1ccccc12. The van der Waals surface area contributed by atoms with Crippen LogP contribution in [0.3, 0.4) is 0 Å². The van der Waals surface area contributed by atoms with Crippen LogP contribution in [0, 0.1) is 0 Å². The number of rotatable bonds is 1. The highest BCUT2D eigenvalue weighted by molar-refractivity contribution is 9.11. The lowest BCUT2D eigenvalue weighted by atomic mass is 9.68. The summed E-state index contributed by atoms with van der Waals surface area (Å²) in [6.45, 7) is 0. The standard InChI is InChI=1S/C15H15BrO2/c1-18-14-9-11(17)6-7-15(14)12-5-3-2-4-10(12)8-13(15)16/h2-5,8,14H,6-7,9H2,1H3. The van der Waals surface area contributed by atoms with E-state index in [1.54, 1.807) is 7.11 Å². The Bertz CT molecular complexity index is 535. The van der Waals surface area contributed by atoms with E-state index >= 15 is 0 Å². The molecule has 94 valence electrons. The van der Waals surface area contributed by atoms with E-state index < -0.39 is 0 Å². The monoisotopic (exact) mass is 306 g/mol. The Kier molecular flexibility index (Phi) is 2.91. The number of fused-ring (bicyclic) bond motifs is 2. The fourth-order valence-electron chi connectivity index (χ4n) is 3.27. The second-order valence-electron chi connectivity index (χ2n) is 5.02. The molecule has 3 heteroatoms. The van der Waals surface area contributed by atoms with Crippen LogP contribution < -0.4 is 0 Å². The minimum absolute atomic E-state index is 0.0620. The minimum Gasteiger partial charge on any atom is -0.380 e. The van der Waals surface area contributed by atoms with E-state index in [4.69, 9.17) is 4.74 Å². The van der Waals surface area contributed by atoms with Crippen LogP contribution in [0.2, 0.25) is 0 Å². The lowest BCUT2D eigenvalue weighted by Gasteiger charge is -2.41. The number of hydrogen-bond donors (Lipinski definition) is 0. The first-order valence-corrected chi connectivity index (χ1v) is 6.99. The zero-order chi connectivity index (χ0) is 12.8. The van der Waals surface area contributed by atoms with Gasteiger partial charge in [-0.25, -0.2) is 0 Å². The molecule has 0 aliphatic heterocycles. The van der Waals surface area contributed by atoms with Gasteiger partial charge in [0.05, 0.1) is 11.5 Å². The van der Waals surface area contributed by atoms with Crippen LogP contribution in [-0.2, 0) is 14.9 Å². The number of carbonyl (C=O) groups excluding carboxylic acids is 1. The van der Waals surface area contributed by atoms with Gasteiger partial charge in [-0.2, -0.15) is 0 Å². The Morgan fingerprint density at radius 3 is 2.94 bits per heavy atom. The molecule has 1 saturated carbocycles. The third-order valence-electron chi connectivity index (χ3n) is 4.20. The Hall–Kier alpha value is -0.930. The minimum atomic E-state index is -0.154. The fourth-order valence-corrected chi connectivity index (χ4v) is 4.18. The predicted octanol–water partition coefficient (Wildman–Crippen LogP) is 3.44. The van der Waals surface area contributed by atoms with Crippen molar-refractivity contribution in [2.24, 2.45) is 0 Å². The second kappa shape index (κ2) is 4.32. The lowest BCUT2D eigenvalue weighted by Crippen LogP contribution is -2.45. The maximum Gasteiger partial charge on any atom is 0.135 e. The number of carbonyl (C=O) groups is 1. The van der Waals surface area contributed by atoms with E-state index in [0.29, 0.717) is 18.6 Å². The molecule has 3 rings (SSSR count). The molecule has 2 aliphatic rings. The third kappa shape index (κ3) is 1.54. The van der Waals surface area contributed by atoms with Crippen molar-refractivity contribution in [1.82, 2.24) is 0 Å². The molecule has 0 bridgehead atoms. The summed E-state index contributed by atoms with van der Waals surface area (Å²) < 4.78 is 6.78. The highest BCUT2D eigenvalue weighted by Crippen LogP contribution is 2.53. The van der Waals surface area contributed by atoms with Gasteiger partial charge < -0.3 is 4.74 Å². The lowest BCUT2D eigenvalue weighted by molar-refractivity contribution is -0.126. The van der Waals surface area contributed by atoms with Gasteiger partial charge >= 0.3 is 0 Å². The molecule has 2 nitrogen and oxygen atoms in total. The van der Waals surface area contributed by atoms with E-state index in [1.807, 2.05) is 6.07 Å². The summed E-state index contributed by atoms with van der Waals surface area (Å²) in [5.41, 5.74) is 2.37. The summed E-state index contributed by atoms with van der Waals surface area (Å²) in [5.74, 6) is 0.303. The third-order valence-corrected chi connectivity index (χ3v) is 5.13. The molecule has 2 unspecified atom stereocenters. The highest BCUT2D eigenvalue weighted by Gasteiger charge is 2.50. The van der Waals surface area contributed by atoms with Crippen LogP contribution >= 0.6 is 15.9 Å². The van der Waals surface area contributed by atoms with E-state index in [-0.39, 0.29) is 11.5 Å². The van der Waals surface area contributed by atoms with Crippen molar-refractivity contribution in [3.05, 3.63) is 39.9 Å². The average molecular weight is 307 g/mol. The van der Waals surface area contributed by atoms with Crippen molar-refractivity contribution >= 4 is 27.8 Å². The molecule has 18 heavy (non-hydrogen) atoms. The largest absolute Gasteiger partial charge is 0.380 e. The van der Waals surface area contributed by atoms with Crippen LogP contribution in [0.15, 0.2) is 28.7 Å². The maximum absolute atomic E-state index is 11.7. The van der Waals surface area contributed by atoms with Gasteiger partial charge in [-0.1, -0.05) is 40.2 Å². The zero-order valence-corrected chi connectivity index (χ0v) is 11.9. The van der Waals surface area contributed by atoms with Gasteiger partial charge in [0.1, 0.15) is 5.78 Å². The van der Waals surface area contributed by atoms with Crippen molar-refractivity contribution in [3.8, 4) is 0 Å². The van der Waals surface area contributed by atoms with Crippen molar-refractivity contribution in [2.45, 2.75) is 30.8 Å². The number of ketones is 1. The summed E-state index contributed by atoms with van der Waals surface area (Å²) >= 11 is 3.71. The van der Waals surface area contributed by atoms with Crippen molar-refractivity contribution in [2.75, 3.05) is 7.11 Å². The van der Waals surface area contributed by atoms with Gasteiger partial charge in [-0.3, -0.25) is 4.79 Å². The van der Waals surface area contributed by atoms with E-state index in [2.05, 4.69) is 40.2 Å². The maximum atomic E-state index is 11.7. The van der Waals surface area contributed by atoms with E-state index in [1.165, 1.54) is 11.1 Å². The first-order chi connectivity index (χ1) is 8.68. The number of benzene rings is 1. The van der Waals surface area contributed by atoms with Gasteiger partial charge in [0.25, 0.3) is 0 Å². The first-order valence-electron chi connectivity index (χ1n) is 6.20. The van der Waals surface area contributed by atoms with Crippen molar-refractivity contribution < 1.29 is 9.53 Å². The van der Waals surface area contributed by atoms with Gasteiger partial charge in [-0.05, 0) is 23.6 Å². The molecule has 1 fully saturated rings. The molecular formula is C15H15BrO2. The fraction of sp³-hybridized carbons (Fsp3) is 0.400. The van der Waals surface area contributed by atoms with E-state index in [0.717, 1.165) is 10.9 Å². The summed E-state index contributed by atoms with van der Waals surface area (Å²) in [4.78, 5) is 11.7. The van der Waals surface area contributed by atoms with Crippen molar-refractivity contribution in [3.63, 3.8) is 0 Å². The summed E-state index contributed by atoms with van der Waals surface area (Å²) in [7, 11) is 1.70. The molecule has 1 spiro atoms. The van der Waals surface area contributed by atoms with Crippen molar-refractivity contribution in [1.29, 1.82) is 0 Å². The van der Waals surface area contributed by atoms with Gasteiger partial charge in [0, 0.05) is 24.4 Å². The summed E-state index contributed by atoms with van der Waals surface area (Å²) in [5, 5.41) is 0. The smallest absolute Gasteiger partial charge is 0.135 e. The summed E-state index contributed by atoms with van der Waals surface area (Å²) in [6, 6.07) is 8.38. The van der Waals surface area contributed by atoms with Gasteiger partial charge in [0.15, 0.2) is 0 Å². The molecule has 2 aliphatic carbocycles. The zero-order valence-electron chi connectivity index (χ0n) is 10.3. The number of Topliss-reactive ketones (excluding diaryl/α,β-unsaturated/α-hetero) is 1. The normalized spacial score (nSPS) is 30.4. The first kappa shape index (κ1) is 12.1. The molecule has 0 radical (unpaired) electrons. The molecule has 1 aromatic carbocycles. The van der Waals surface area contributed by atoms with E-state index in [9.17, 15) is 4.79 Å². The molecule has 2 atom stereocenters. The molecule has 0 N–H and O–H groups in total. The Labute approximate surface area is 115 Å². The Morgan fingerprint density at radius 2 is 2.17 bits per heavy atom. The predicted molar refractivity (Wildman–Crippen MR) is 74.7 cm³/mol. The molecule has 0 saturated heterocycles. The van der Waals surface area contributed by atoms with Crippen LogP contribution in [-0.4, -0.2) is 19.0 Å².